The molecule has 0 radical (unpaired) electrons. The Labute approximate surface area is 192 Å². The first kappa shape index (κ1) is 23.3. The number of hydrogen-bond donors (Lipinski definition) is 3. The first-order valence-corrected chi connectivity index (χ1v) is 13.8. The van der Waals surface area contributed by atoms with E-state index in [1.165, 1.54) is 13.0 Å². The average molecular weight is 481 g/mol. The molecule has 2 aromatic rings. The molecule has 1 fully saturated rings. The maximum absolute atomic E-state index is 11.9. The van der Waals surface area contributed by atoms with Gasteiger partial charge in [-0.3, -0.25) is 4.79 Å². The number of carbonyl (C=O) groups is 1. The highest BCUT2D eigenvalue weighted by molar-refractivity contribution is 6.74. The van der Waals surface area contributed by atoms with Crippen LogP contribution in [0.2, 0.25) is 23.4 Å². The summed E-state index contributed by atoms with van der Waals surface area (Å²) in [6, 6.07) is 0. The van der Waals surface area contributed by atoms with Crippen molar-refractivity contribution in [2.45, 2.75) is 69.9 Å². The maximum atomic E-state index is 11.9. The number of carbonyl (C=O) groups excluding carboxylic acids is 1. The van der Waals surface area contributed by atoms with Crippen molar-refractivity contribution in [2.24, 2.45) is 0 Å². The molecular formula is C21H29ClN4O5Si. The van der Waals surface area contributed by atoms with Crippen molar-refractivity contribution < 1.29 is 24.2 Å². The summed E-state index contributed by atoms with van der Waals surface area (Å²) in [5.74, 6) is -0.0501. The molecule has 4 atom stereocenters. The van der Waals surface area contributed by atoms with Crippen LogP contribution < -0.4 is 5.32 Å². The number of nitrogens with zero attached hydrogens (tertiary/aromatic N) is 3. The zero-order valence-corrected chi connectivity index (χ0v) is 20.8. The molecule has 0 aliphatic carbocycles. The van der Waals surface area contributed by atoms with Crippen LogP contribution in [-0.4, -0.2) is 63.4 Å². The Morgan fingerprint density at radius 1 is 1.34 bits per heavy atom. The molecule has 0 aromatic carbocycles. The zero-order valence-electron chi connectivity index (χ0n) is 19.0. The van der Waals surface area contributed by atoms with E-state index in [4.69, 9.17) is 20.8 Å². The first-order valence-electron chi connectivity index (χ1n) is 10.5. The second-order valence-electron chi connectivity index (χ2n) is 10.1. The lowest BCUT2D eigenvalue weighted by molar-refractivity contribution is -0.111. The topological polar surface area (TPSA) is 119 Å². The lowest BCUT2D eigenvalue weighted by Crippen LogP contribution is -2.47. The van der Waals surface area contributed by atoms with E-state index < -0.39 is 32.4 Å². The molecule has 2 aliphatic rings. The Morgan fingerprint density at radius 2 is 2.03 bits per heavy atom. The van der Waals surface area contributed by atoms with Crippen LogP contribution in [0, 0.1) is 0 Å². The molecule has 3 N–H and O–H groups in total. The smallest absolute Gasteiger partial charge is 0.249 e. The fourth-order valence-electron chi connectivity index (χ4n) is 3.75. The molecule has 2 aromatic heterocycles. The van der Waals surface area contributed by atoms with E-state index in [0.717, 1.165) is 0 Å². The third kappa shape index (κ3) is 3.78. The van der Waals surface area contributed by atoms with Crippen LogP contribution in [0.15, 0.2) is 12.3 Å². The van der Waals surface area contributed by atoms with Gasteiger partial charge in [-0.15, -0.1) is 0 Å². The van der Waals surface area contributed by atoms with Crippen LogP contribution >= 0.6 is 11.6 Å². The molecule has 4 heterocycles. The van der Waals surface area contributed by atoms with Crippen LogP contribution in [0.3, 0.4) is 0 Å². The fraction of sp³-hybridized carbons (Fsp3) is 0.571. The number of hydrogen-bond acceptors (Lipinski definition) is 7. The van der Waals surface area contributed by atoms with Crippen molar-refractivity contribution >= 4 is 48.8 Å². The number of rotatable bonds is 4. The summed E-state index contributed by atoms with van der Waals surface area (Å²) in [5.41, 5.74) is -0.579. The van der Waals surface area contributed by atoms with Gasteiger partial charge < -0.3 is 29.3 Å². The van der Waals surface area contributed by atoms with Gasteiger partial charge in [-0.05, 0) is 42.7 Å². The molecule has 2 aliphatic heterocycles. The molecule has 0 saturated carbocycles. The number of halogens is 1. The van der Waals surface area contributed by atoms with Crippen LogP contribution in [0.1, 0.15) is 39.5 Å². The molecule has 0 bridgehead atoms. The van der Waals surface area contributed by atoms with E-state index >= 15 is 0 Å². The molecule has 1 saturated heterocycles. The Morgan fingerprint density at radius 3 is 2.69 bits per heavy atom. The minimum absolute atomic E-state index is 0.00138. The highest BCUT2D eigenvalue weighted by Crippen LogP contribution is 2.43. The number of nitrogens with one attached hydrogen (secondary N) is 1. The van der Waals surface area contributed by atoms with Crippen molar-refractivity contribution in [2.75, 3.05) is 11.9 Å². The van der Waals surface area contributed by atoms with Crippen LogP contribution in [-0.2, 0) is 14.0 Å². The SMILES string of the molecule is CC(C)(C)[Si](C)(C)OC[C@H]1O[C@@H](n2cc3c4c(nc(Cl)nc42)NC(=O)C=C3)[C@](C)(O)[C@@H]1O. The van der Waals surface area contributed by atoms with Crippen LogP contribution in [0.4, 0.5) is 5.82 Å². The van der Waals surface area contributed by atoms with E-state index in [0.29, 0.717) is 16.6 Å². The van der Waals surface area contributed by atoms with Gasteiger partial charge in [-0.1, -0.05) is 20.8 Å². The Hall–Kier alpha value is -1.82. The van der Waals surface area contributed by atoms with Gasteiger partial charge in [-0.2, -0.15) is 9.97 Å². The van der Waals surface area contributed by atoms with Crippen LogP contribution in [0.25, 0.3) is 17.1 Å². The van der Waals surface area contributed by atoms with Gasteiger partial charge in [0.1, 0.15) is 29.3 Å². The van der Waals surface area contributed by atoms with Gasteiger partial charge in [0.25, 0.3) is 0 Å². The summed E-state index contributed by atoms with van der Waals surface area (Å²) >= 11 is 6.11. The molecule has 11 heteroatoms. The largest absolute Gasteiger partial charge is 0.414 e. The lowest BCUT2D eigenvalue weighted by atomic mass is 9.96. The summed E-state index contributed by atoms with van der Waals surface area (Å²) < 4.78 is 14.0. The lowest BCUT2D eigenvalue weighted by Gasteiger charge is -2.37. The van der Waals surface area contributed by atoms with Crippen LogP contribution in [0.5, 0.6) is 0 Å². The quantitative estimate of drug-likeness (QED) is 0.454. The molecule has 4 rings (SSSR count). The zero-order chi connectivity index (χ0) is 23.6. The number of amides is 1. The van der Waals surface area contributed by atoms with Gasteiger partial charge in [-0.25, -0.2) is 0 Å². The third-order valence-electron chi connectivity index (χ3n) is 6.75. The minimum Gasteiger partial charge on any atom is -0.414 e. The van der Waals surface area contributed by atoms with E-state index in [9.17, 15) is 15.0 Å². The predicted molar refractivity (Wildman–Crippen MR) is 124 cm³/mol. The Kier molecular flexibility index (Phi) is 5.55. The molecule has 0 spiro atoms. The van der Waals surface area contributed by atoms with Crippen molar-refractivity contribution in [1.29, 1.82) is 0 Å². The van der Waals surface area contributed by atoms with Gasteiger partial charge >= 0.3 is 0 Å². The van der Waals surface area contributed by atoms with Gasteiger partial charge in [0.05, 0.1) is 12.0 Å². The molecule has 9 nitrogen and oxygen atoms in total. The standard InChI is InChI=1S/C21H29ClN4O5Si/c1-20(2,3)32(5,6)30-10-12-15(28)21(4,29)18(31-12)26-9-11-7-8-13(27)23-16-14(11)17(26)25-19(22)24-16/h7-9,12,15,18,28-29H,10H2,1-6H3,(H,23,24,25,27)/t12-,15-,18-,21-/m1/s1. The molecule has 0 unspecified atom stereocenters. The molecule has 1 amide bonds. The highest BCUT2D eigenvalue weighted by atomic mass is 35.5. The van der Waals surface area contributed by atoms with E-state index in [1.54, 1.807) is 16.8 Å². The van der Waals surface area contributed by atoms with Gasteiger partial charge in [0.15, 0.2) is 14.5 Å². The number of ether oxygens (including phenoxy) is 1. The second-order valence-corrected chi connectivity index (χ2v) is 15.3. The highest BCUT2D eigenvalue weighted by Gasteiger charge is 2.54. The van der Waals surface area contributed by atoms with Crippen molar-refractivity contribution in [3.8, 4) is 0 Å². The Bertz CT molecular complexity index is 1110. The number of aliphatic hydroxyl groups excluding tert-OH is 1. The van der Waals surface area contributed by atoms with Gasteiger partial charge in [0.2, 0.25) is 11.2 Å². The van der Waals surface area contributed by atoms with E-state index in [2.05, 4.69) is 49.1 Å². The molecular weight excluding hydrogens is 452 g/mol. The molecule has 174 valence electrons. The summed E-state index contributed by atoms with van der Waals surface area (Å²) in [6.07, 6.45) is 1.86. The van der Waals surface area contributed by atoms with Crippen molar-refractivity contribution in [3.63, 3.8) is 0 Å². The van der Waals surface area contributed by atoms with Gasteiger partial charge in [0, 0.05) is 17.8 Å². The van der Waals surface area contributed by atoms with E-state index in [1.807, 2.05) is 0 Å². The third-order valence-corrected chi connectivity index (χ3v) is 11.4. The fourth-order valence-corrected chi connectivity index (χ4v) is 4.93. The maximum Gasteiger partial charge on any atom is 0.249 e. The Balaban J connectivity index is 1.70. The average Bonchev–Trinajstić information content (AvgIpc) is 3.06. The van der Waals surface area contributed by atoms with Crippen molar-refractivity contribution in [3.05, 3.63) is 23.1 Å². The monoisotopic (exact) mass is 480 g/mol. The summed E-state index contributed by atoms with van der Waals surface area (Å²) in [5, 5.41) is 25.3. The minimum atomic E-state index is -2.08. The van der Waals surface area contributed by atoms with E-state index in [-0.39, 0.29) is 28.7 Å². The number of aliphatic hydroxyl groups is 2. The summed E-state index contributed by atoms with van der Waals surface area (Å²) in [6.45, 7) is 12.3. The summed E-state index contributed by atoms with van der Waals surface area (Å²) in [7, 11) is -2.08. The number of anilines is 1. The first-order chi connectivity index (χ1) is 14.7. The molecule has 32 heavy (non-hydrogen) atoms. The summed E-state index contributed by atoms with van der Waals surface area (Å²) in [4.78, 5) is 20.4. The van der Waals surface area contributed by atoms with Crippen molar-refractivity contribution in [1.82, 2.24) is 14.5 Å². The normalized spacial score (nSPS) is 28.3. The second kappa shape index (κ2) is 7.61. The number of aromatic nitrogens is 3. The predicted octanol–water partition coefficient (Wildman–Crippen LogP) is 3.08.